The highest BCUT2D eigenvalue weighted by Gasteiger charge is 2.18. The topological polar surface area (TPSA) is 66.4 Å². The first-order valence-corrected chi connectivity index (χ1v) is 6.71. The molecule has 0 aliphatic carbocycles. The molecule has 0 spiro atoms. The van der Waals surface area contributed by atoms with Crippen LogP contribution in [0.5, 0.6) is 0 Å². The van der Waals surface area contributed by atoms with E-state index < -0.39 is 23.7 Å². The average Bonchev–Trinajstić information content (AvgIpc) is 2.32. The highest BCUT2D eigenvalue weighted by Crippen LogP contribution is 2.20. The molecule has 0 fully saturated rings. The van der Waals surface area contributed by atoms with Crippen molar-refractivity contribution in [2.45, 2.75) is 32.2 Å². The van der Waals surface area contributed by atoms with Crippen LogP contribution in [0.3, 0.4) is 0 Å². The van der Waals surface area contributed by atoms with Crippen molar-refractivity contribution in [3.05, 3.63) is 34.1 Å². The van der Waals surface area contributed by atoms with Crippen molar-refractivity contribution in [2.24, 2.45) is 0 Å². The number of rotatable bonds is 6. The Kier molecular flexibility index (Phi) is 5.95. The van der Waals surface area contributed by atoms with Crippen LogP contribution in [0.1, 0.15) is 36.5 Å². The lowest BCUT2D eigenvalue weighted by molar-refractivity contribution is -0.137. The van der Waals surface area contributed by atoms with Gasteiger partial charge in [-0.3, -0.25) is 9.59 Å². The minimum atomic E-state index is -0.975. The van der Waals surface area contributed by atoms with Crippen molar-refractivity contribution in [3.8, 4) is 0 Å². The van der Waals surface area contributed by atoms with Crippen molar-refractivity contribution in [3.63, 3.8) is 0 Å². The van der Waals surface area contributed by atoms with Gasteiger partial charge in [-0.1, -0.05) is 19.4 Å². The predicted octanol–water partition coefficient (Wildman–Crippen LogP) is 2.96. The monoisotopic (exact) mass is 331 g/mol. The zero-order chi connectivity index (χ0) is 14.4. The largest absolute Gasteiger partial charge is 0.481 e. The Morgan fingerprint density at radius 2 is 2.16 bits per heavy atom. The molecule has 2 N–H and O–H groups in total. The van der Waals surface area contributed by atoms with E-state index in [0.717, 1.165) is 6.42 Å². The maximum absolute atomic E-state index is 13.3. The SMILES string of the molecule is CCCC(CC(=O)O)NC(=O)c1cccc(F)c1Br. The second kappa shape index (κ2) is 7.23. The van der Waals surface area contributed by atoms with Crippen LogP contribution in [0.4, 0.5) is 4.39 Å². The number of halogens is 2. The van der Waals surface area contributed by atoms with E-state index in [2.05, 4.69) is 21.2 Å². The smallest absolute Gasteiger partial charge is 0.305 e. The summed E-state index contributed by atoms with van der Waals surface area (Å²) >= 11 is 3.01. The number of nitrogens with one attached hydrogen (secondary N) is 1. The number of aliphatic carboxylic acids is 1. The molecule has 104 valence electrons. The maximum atomic E-state index is 13.3. The van der Waals surface area contributed by atoms with E-state index in [1.807, 2.05) is 6.92 Å². The average molecular weight is 332 g/mol. The van der Waals surface area contributed by atoms with Gasteiger partial charge in [0.25, 0.3) is 5.91 Å². The molecular weight excluding hydrogens is 317 g/mol. The molecule has 1 amide bonds. The summed E-state index contributed by atoms with van der Waals surface area (Å²) < 4.78 is 13.4. The van der Waals surface area contributed by atoms with Crippen LogP contribution in [0, 0.1) is 5.82 Å². The summed E-state index contributed by atoms with van der Waals surface area (Å²) in [6, 6.07) is 3.69. The molecule has 1 rings (SSSR count). The standard InChI is InChI=1S/C13H15BrFNO3/c1-2-4-8(7-11(17)18)16-13(19)9-5-3-6-10(15)12(9)14/h3,5-6,8H,2,4,7H2,1H3,(H,16,19)(H,17,18). The molecule has 0 saturated carbocycles. The molecule has 19 heavy (non-hydrogen) atoms. The van der Waals surface area contributed by atoms with Crippen molar-refractivity contribution in [2.75, 3.05) is 0 Å². The second-order valence-electron chi connectivity index (χ2n) is 4.16. The Morgan fingerprint density at radius 1 is 1.47 bits per heavy atom. The molecule has 1 atom stereocenters. The fourth-order valence-corrected chi connectivity index (χ4v) is 2.17. The van der Waals surface area contributed by atoms with Crippen molar-refractivity contribution >= 4 is 27.8 Å². The van der Waals surface area contributed by atoms with Crippen LogP contribution in [0.25, 0.3) is 0 Å². The van der Waals surface area contributed by atoms with Gasteiger partial charge in [0.2, 0.25) is 0 Å². The first-order chi connectivity index (χ1) is 8.95. The fourth-order valence-electron chi connectivity index (χ4n) is 1.73. The number of hydrogen-bond acceptors (Lipinski definition) is 2. The zero-order valence-electron chi connectivity index (χ0n) is 10.5. The molecule has 0 heterocycles. The molecular formula is C13H15BrFNO3. The van der Waals surface area contributed by atoms with E-state index in [1.165, 1.54) is 18.2 Å². The summed E-state index contributed by atoms with van der Waals surface area (Å²) in [5.41, 5.74) is 0.159. The Labute approximate surface area is 119 Å². The van der Waals surface area contributed by atoms with Crippen LogP contribution in [-0.4, -0.2) is 23.0 Å². The Bertz CT molecular complexity index is 479. The van der Waals surface area contributed by atoms with Crippen LogP contribution in [0.15, 0.2) is 22.7 Å². The summed E-state index contributed by atoms with van der Waals surface area (Å²) in [4.78, 5) is 22.7. The van der Waals surface area contributed by atoms with Gasteiger partial charge >= 0.3 is 5.97 Å². The summed E-state index contributed by atoms with van der Waals surface area (Å²) in [5.74, 6) is -1.99. The summed E-state index contributed by atoms with van der Waals surface area (Å²) in [6.45, 7) is 1.90. The van der Waals surface area contributed by atoms with Crippen LogP contribution in [-0.2, 0) is 4.79 Å². The summed E-state index contributed by atoms with van der Waals surface area (Å²) in [7, 11) is 0. The Hall–Kier alpha value is -1.43. The molecule has 1 unspecified atom stereocenters. The van der Waals surface area contributed by atoms with E-state index in [0.29, 0.717) is 6.42 Å². The lowest BCUT2D eigenvalue weighted by Crippen LogP contribution is -2.36. The van der Waals surface area contributed by atoms with E-state index in [1.54, 1.807) is 0 Å². The minimum absolute atomic E-state index is 0.0815. The number of carbonyl (C=O) groups excluding carboxylic acids is 1. The fraction of sp³-hybridized carbons (Fsp3) is 0.385. The van der Waals surface area contributed by atoms with Gasteiger partial charge in [0.05, 0.1) is 16.5 Å². The second-order valence-corrected chi connectivity index (χ2v) is 4.95. The third kappa shape index (κ3) is 4.63. The number of hydrogen-bond donors (Lipinski definition) is 2. The van der Waals surface area contributed by atoms with Crippen LogP contribution in [0.2, 0.25) is 0 Å². The summed E-state index contributed by atoms with van der Waals surface area (Å²) in [5, 5.41) is 11.4. The van der Waals surface area contributed by atoms with Gasteiger partial charge in [-0.25, -0.2) is 4.39 Å². The van der Waals surface area contributed by atoms with Crippen molar-refractivity contribution in [1.29, 1.82) is 0 Å². The molecule has 0 radical (unpaired) electrons. The Morgan fingerprint density at radius 3 is 2.74 bits per heavy atom. The minimum Gasteiger partial charge on any atom is -0.481 e. The molecule has 1 aromatic carbocycles. The van der Waals surface area contributed by atoms with E-state index in [9.17, 15) is 14.0 Å². The molecule has 0 bridgehead atoms. The van der Waals surface area contributed by atoms with Gasteiger partial charge in [0.15, 0.2) is 0 Å². The molecule has 4 nitrogen and oxygen atoms in total. The molecule has 0 saturated heterocycles. The quantitative estimate of drug-likeness (QED) is 0.842. The van der Waals surface area contributed by atoms with Gasteiger partial charge in [0.1, 0.15) is 5.82 Å². The predicted molar refractivity (Wildman–Crippen MR) is 72.5 cm³/mol. The van der Waals surface area contributed by atoms with E-state index >= 15 is 0 Å². The summed E-state index contributed by atoms with van der Waals surface area (Å²) in [6.07, 6.45) is 1.17. The molecule has 0 aromatic heterocycles. The van der Waals surface area contributed by atoms with Gasteiger partial charge in [-0.05, 0) is 34.5 Å². The lowest BCUT2D eigenvalue weighted by Gasteiger charge is -2.16. The van der Waals surface area contributed by atoms with E-state index in [4.69, 9.17) is 5.11 Å². The number of amides is 1. The third-order valence-electron chi connectivity index (χ3n) is 2.59. The number of carbonyl (C=O) groups is 2. The molecule has 0 aliphatic heterocycles. The van der Waals surface area contributed by atoms with Crippen LogP contribution < -0.4 is 5.32 Å². The van der Waals surface area contributed by atoms with Gasteiger partial charge in [-0.2, -0.15) is 0 Å². The van der Waals surface area contributed by atoms with E-state index in [-0.39, 0.29) is 16.5 Å². The van der Waals surface area contributed by atoms with Gasteiger partial charge in [0, 0.05) is 6.04 Å². The number of carboxylic acids is 1. The molecule has 0 aliphatic rings. The Balaban J connectivity index is 2.81. The highest BCUT2D eigenvalue weighted by molar-refractivity contribution is 9.10. The first kappa shape index (κ1) is 15.6. The highest BCUT2D eigenvalue weighted by atomic mass is 79.9. The lowest BCUT2D eigenvalue weighted by atomic mass is 10.1. The molecule has 1 aromatic rings. The third-order valence-corrected chi connectivity index (χ3v) is 3.40. The van der Waals surface area contributed by atoms with Gasteiger partial charge in [-0.15, -0.1) is 0 Å². The maximum Gasteiger partial charge on any atom is 0.305 e. The normalized spacial score (nSPS) is 11.9. The van der Waals surface area contributed by atoms with Crippen molar-refractivity contribution in [1.82, 2.24) is 5.32 Å². The molecule has 6 heteroatoms. The van der Waals surface area contributed by atoms with Gasteiger partial charge < -0.3 is 10.4 Å². The number of benzene rings is 1. The van der Waals surface area contributed by atoms with Crippen LogP contribution >= 0.6 is 15.9 Å². The zero-order valence-corrected chi connectivity index (χ0v) is 12.0. The van der Waals surface area contributed by atoms with Crippen molar-refractivity contribution < 1.29 is 19.1 Å². The number of carboxylic acid groups (broad SMARTS) is 1. The first-order valence-electron chi connectivity index (χ1n) is 5.92.